The summed E-state index contributed by atoms with van der Waals surface area (Å²) in [6, 6.07) is 8.77. The zero-order chi connectivity index (χ0) is 19.9. The van der Waals surface area contributed by atoms with Gasteiger partial charge in [-0.15, -0.1) is 0 Å². The van der Waals surface area contributed by atoms with Gasteiger partial charge in [0.25, 0.3) is 0 Å². The van der Waals surface area contributed by atoms with Crippen LogP contribution >= 0.6 is 15.9 Å². The number of benzene rings is 1. The van der Waals surface area contributed by atoms with Crippen LogP contribution in [-0.2, 0) is 17.4 Å². The molecule has 2 heterocycles. The van der Waals surface area contributed by atoms with Gasteiger partial charge in [0.15, 0.2) is 0 Å². The van der Waals surface area contributed by atoms with E-state index in [1.807, 2.05) is 27.0 Å². The summed E-state index contributed by atoms with van der Waals surface area (Å²) in [6.07, 6.45) is 6.71. The molecule has 5 nitrogen and oxygen atoms in total. The molecule has 1 aliphatic heterocycles. The molecule has 2 aromatic rings. The Bertz CT molecular complexity index is 873. The lowest BCUT2D eigenvalue weighted by Gasteiger charge is -2.44. The van der Waals surface area contributed by atoms with E-state index in [-0.39, 0.29) is 16.2 Å². The van der Waals surface area contributed by atoms with E-state index < -0.39 is 11.0 Å². The SMILES string of the molecule is CC(C)(C)[S@@](=O)N[C@@H]1c2ccccc2CC12CCN(c1cnc(Br)cn1)CC2. The number of nitrogens with zero attached hydrogens (tertiary/aromatic N) is 3. The Kier molecular flexibility index (Phi) is 5.35. The highest BCUT2D eigenvalue weighted by Gasteiger charge is 2.48. The van der Waals surface area contributed by atoms with Crippen LogP contribution in [0.15, 0.2) is 41.3 Å². The highest BCUT2D eigenvalue weighted by Crippen LogP contribution is 2.52. The lowest BCUT2D eigenvalue weighted by Crippen LogP contribution is -2.48. The number of fused-ring (bicyclic) bond motifs is 1. The predicted octanol–water partition coefficient (Wildman–Crippen LogP) is 4.17. The molecule has 1 aromatic carbocycles. The fraction of sp³-hybridized carbons (Fsp3) is 0.524. The summed E-state index contributed by atoms with van der Waals surface area (Å²) in [5.41, 5.74) is 2.81. The minimum atomic E-state index is -1.10. The zero-order valence-corrected chi connectivity index (χ0v) is 19.0. The third-order valence-electron chi connectivity index (χ3n) is 5.99. The fourth-order valence-electron chi connectivity index (χ4n) is 4.38. The van der Waals surface area contributed by atoms with Crippen molar-refractivity contribution in [2.24, 2.45) is 5.41 Å². The maximum Gasteiger partial charge on any atom is 0.147 e. The van der Waals surface area contributed by atoms with Crippen molar-refractivity contribution in [3.8, 4) is 0 Å². The summed E-state index contributed by atoms with van der Waals surface area (Å²) in [5, 5.41) is 0. The average Bonchev–Trinajstić information content (AvgIpc) is 2.95. The third kappa shape index (κ3) is 3.76. The molecule has 1 aromatic heterocycles. The van der Waals surface area contributed by atoms with Crippen molar-refractivity contribution in [2.75, 3.05) is 18.0 Å². The number of halogens is 1. The van der Waals surface area contributed by atoms with E-state index in [4.69, 9.17) is 0 Å². The topological polar surface area (TPSA) is 58.1 Å². The maximum atomic E-state index is 12.9. The van der Waals surface area contributed by atoms with Gasteiger partial charge in [-0.2, -0.15) is 0 Å². The molecule has 7 heteroatoms. The number of nitrogens with one attached hydrogen (secondary N) is 1. The van der Waals surface area contributed by atoms with Crippen molar-refractivity contribution in [3.63, 3.8) is 0 Å². The van der Waals surface area contributed by atoms with E-state index in [0.29, 0.717) is 0 Å². The Labute approximate surface area is 178 Å². The largest absolute Gasteiger partial charge is 0.355 e. The normalized spacial score (nSPS) is 22.3. The highest BCUT2D eigenvalue weighted by atomic mass is 79.9. The molecule has 1 fully saturated rings. The van der Waals surface area contributed by atoms with Gasteiger partial charge in [0.2, 0.25) is 0 Å². The van der Waals surface area contributed by atoms with Crippen molar-refractivity contribution in [3.05, 3.63) is 52.4 Å². The Morgan fingerprint density at radius 3 is 2.54 bits per heavy atom. The van der Waals surface area contributed by atoms with Crippen LogP contribution in [-0.4, -0.2) is 32.0 Å². The van der Waals surface area contributed by atoms with Crippen molar-refractivity contribution in [1.29, 1.82) is 0 Å². The third-order valence-corrected chi connectivity index (χ3v) is 7.96. The number of aromatic nitrogens is 2. The molecule has 28 heavy (non-hydrogen) atoms. The smallest absolute Gasteiger partial charge is 0.147 e. The van der Waals surface area contributed by atoms with Crippen LogP contribution in [0.25, 0.3) is 0 Å². The molecule has 2 atom stereocenters. The second-order valence-electron chi connectivity index (χ2n) is 8.85. The number of piperidine rings is 1. The van der Waals surface area contributed by atoms with E-state index in [2.05, 4.69) is 59.8 Å². The van der Waals surface area contributed by atoms with Crippen LogP contribution in [0.3, 0.4) is 0 Å². The van der Waals surface area contributed by atoms with Crippen LogP contribution in [0.1, 0.15) is 50.8 Å². The molecule has 1 saturated heterocycles. The molecule has 150 valence electrons. The molecule has 1 N–H and O–H groups in total. The van der Waals surface area contributed by atoms with E-state index in [9.17, 15) is 4.21 Å². The summed E-state index contributed by atoms with van der Waals surface area (Å²) in [4.78, 5) is 11.1. The van der Waals surface area contributed by atoms with Gasteiger partial charge < -0.3 is 4.90 Å². The highest BCUT2D eigenvalue weighted by molar-refractivity contribution is 9.10. The zero-order valence-electron chi connectivity index (χ0n) is 16.6. The van der Waals surface area contributed by atoms with Crippen molar-refractivity contribution in [1.82, 2.24) is 14.7 Å². The summed E-state index contributed by atoms with van der Waals surface area (Å²) >= 11 is 3.35. The minimum Gasteiger partial charge on any atom is -0.355 e. The van der Waals surface area contributed by atoms with Crippen LogP contribution in [0.2, 0.25) is 0 Å². The van der Waals surface area contributed by atoms with Gasteiger partial charge in [-0.3, -0.25) is 0 Å². The lowest BCUT2D eigenvalue weighted by molar-refractivity contribution is 0.177. The Hall–Kier alpha value is -1.31. The molecular weight excluding hydrogens is 436 g/mol. The first-order valence-electron chi connectivity index (χ1n) is 9.77. The second kappa shape index (κ2) is 7.50. The van der Waals surface area contributed by atoms with Crippen molar-refractivity contribution < 1.29 is 4.21 Å². The predicted molar refractivity (Wildman–Crippen MR) is 118 cm³/mol. The van der Waals surface area contributed by atoms with Gasteiger partial charge in [0.05, 0.1) is 34.2 Å². The molecule has 0 amide bonds. The van der Waals surface area contributed by atoms with Crippen LogP contribution in [0, 0.1) is 5.41 Å². The molecule has 1 spiro atoms. The first-order valence-corrected chi connectivity index (χ1v) is 11.7. The maximum absolute atomic E-state index is 12.9. The molecule has 1 aliphatic carbocycles. The van der Waals surface area contributed by atoms with Gasteiger partial charge in [0.1, 0.15) is 10.4 Å². The molecule has 2 aliphatic rings. The van der Waals surface area contributed by atoms with Gasteiger partial charge in [-0.25, -0.2) is 18.9 Å². The molecule has 0 unspecified atom stereocenters. The number of anilines is 1. The van der Waals surface area contributed by atoms with Gasteiger partial charge >= 0.3 is 0 Å². The van der Waals surface area contributed by atoms with Crippen molar-refractivity contribution >= 4 is 32.7 Å². The lowest BCUT2D eigenvalue weighted by atomic mass is 9.73. The number of rotatable bonds is 3. The van der Waals surface area contributed by atoms with Crippen molar-refractivity contribution in [2.45, 2.75) is 50.8 Å². The first-order chi connectivity index (χ1) is 13.3. The summed E-state index contributed by atoms with van der Waals surface area (Å²) < 4.78 is 16.9. The molecular formula is C21H27BrN4OS. The average molecular weight is 463 g/mol. The molecule has 0 bridgehead atoms. The van der Waals surface area contributed by atoms with E-state index in [1.54, 1.807) is 6.20 Å². The van der Waals surface area contributed by atoms with E-state index in [0.717, 1.165) is 42.8 Å². The quantitative estimate of drug-likeness (QED) is 0.742. The Balaban J connectivity index is 1.57. The van der Waals surface area contributed by atoms with Gasteiger partial charge in [-0.05, 0) is 72.5 Å². The molecule has 4 rings (SSSR count). The summed E-state index contributed by atoms with van der Waals surface area (Å²) in [6.45, 7) is 7.95. The number of hydrogen-bond acceptors (Lipinski definition) is 4. The van der Waals surface area contributed by atoms with Gasteiger partial charge in [-0.1, -0.05) is 24.3 Å². The van der Waals surface area contributed by atoms with Crippen LogP contribution in [0.4, 0.5) is 5.82 Å². The summed E-state index contributed by atoms with van der Waals surface area (Å²) in [7, 11) is -1.10. The molecule has 0 radical (unpaired) electrons. The second-order valence-corrected chi connectivity index (χ2v) is 11.7. The van der Waals surface area contributed by atoms with E-state index in [1.165, 1.54) is 11.1 Å². The summed E-state index contributed by atoms with van der Waals surface area (Å²) in [5.74, 6) is 0.927. The minimum absolute atomic E-state index is 0.101. The Morgan fingerprint density at radius 1 is 1.18 bits per heavy atom. The van der Waals surface area contributed by atoms with Crippen LogP contribution in [0.5, 0.6) is 0 Å². The van der Waals surface area contributed by atoms with E-state index >= 15 is 0 Å². The monoisotopic (exact) mass is 462 g/mol. The fourth-order valence-corrected chi connectivity index (χ4v) is 5.53. The first kappa shape index (κ1) is 20.0. The Morgan fingerprint density at radius 2 is 1.89 bits per heavy atom. The number of hydrogen-bond donors (Lipinski definition) is 1. The van der Waals surface area contributed by atoms with Gasteiger partial charge in [0, 0.05) is 13.1 Å². The standard InChI is InChI=1S/C21H27BrN4OS/c1-20(2,3)28(27)25-19-16-7-5-4-6-15(16)12-21(19)8-10-26(11-9-21)18-14-23-17(22)13-24-18/h4-7,13-14,19,25H,8-12H2,1-3H3/t19-,28-/m1/s1. The van der Waals surface area contributed by atoms with Crippen LogP contribution < -0.4 is 9.62 Å². The molecule has 0 saturated carbocycles.